The van der Waals surface area contributed by atoms with Crippen molar-refractivity contribution in [3.63, 3.8) is 0 Å². The number of halogens is 8. The molecule has 0 N–H and O–H groups in total. The molecule has 2 aromatic carbocycles. The van der Waals surface area contributed by atoms with Gasteiger partial charge in [0.2, 0.25) is 0 Å². The number of nitrogens with zero attached hydrogens (tertiary/aromatic N) is 1. The van der Waals surface area contributed by atoms with Crippen LogP contribution in [0.25, 0.3) is 33.5 Å². The molecule has 0 unspecified atom stereocenters. The number of carbonyl (C=O) groups is 2. The lowest BCUT2D eigenvalue weighted by atomic mass is 9.96. The molecule has 0 radical (unpaired) electrons. The van der Waals surface area contributed by atoms with Crippen LogP contribution in [0.1, 0.15) is 36.2 Å². The van der Waals surface area contributed by atoms with Crippen LogP contribution in [-0.2, 0) is 19.1 Å². The Bertz CT molecular complexity index is 1610. The zero-order chi connectivity index (χ0) is 30.7. The minimum absolute atomic E-state index is 0.0751. The van der Waals surface area contributed by atoms with Crippen LogP contribution >= 0.6 is 0 Å². The molecule has 218 valence electrons. The van der Waals surface area contributed by atoms with Crippen molar-refractivity contribution in [2.45, 2.75) is 26.2 Å². The van der Waals surface area contributed by atoms with E-state index in [1.807, 2.05) is 0 Å². The van der Waals surface area contributed by atoms with Crippen LogP contribution in [0.4, 0.5) is 35.1 Å². The van der Waals surface area contributed by atoms with Crippen LogP contribution in [0.15, 0.2) is 53.6 Å². The lowest BCUT2D eigenvalue weighted by Gasteiger charge is -2.16. The lowest BCUT2D eigenvalue weighted by Crippen LogP contribution is -2.24. The molecule has 0 amide bonds. The SMILES string of the molecule is CCOC(=O)/C(=C1\c2cc(F)ccc2-c2cc3c(nc21)-c1ccc(F)cc1/C3=C(/C(=O)OCC)C(F)(F)F)C(F)(F)F. The number of hydrogen-bond donors (Lipinski definition) is 0. The summed E-state index contributed by atoms with van der Waals surface area (Å²) in [6.07, 6.45) is -10.6. The van der Waals surface area contributed by atoms with Crippen LogP contribution in [0, 0.1) is 11.6 Å². The van der Waals surface area contributed by atoms with Gasteiger partial charge in [0.05, 0.1) is 24.6 Å². The van der Waals surface area contributed by atoms with Gasteiger partial charge in [-0.25, -0.2) is 23.4 Å². The first-order valence-electron chi connectivity index (χ1n) is 12.3. The Morgan fingerprint density at radius 1 is 0.619 bits per heavy atom. The fraction of sp³-hybridized carbons (Fsp3) is 0.207. The first kappa shape index (κ1) is 29.0. The molecule has 0 fully saturated rings. The number of fused-ring (bicyclic) bond motifs is 6. The van der Waals surface area contributed by atoms with Crippen molar-refractivity contribution >= 4 is 23.1 Å². The Balaban J connectivity index is 1.95. The summed E-state index contributed by atoms with van der Waals surface area (Å²) in [5.74, 6) is -5.44. The zero-order valence-electron chi connectivity index (χ0n) is 21.6. The molecule has 0 saturated carbocycles. The zero-order valence-corrected chi connectivity index (χ0v) is 21.6. The molecule has 13 heteroatoms. The molecular formula is C29H17F8NO4. The van der Waals surface area contributed by atoms with Crippen LogP contribution in [0.5, 0.6) is 0 Å². The second kappa shape index (κ2) is 10.1. The van der Waals surface area contributed by atoms with Crippen molar-refractivity contribution in [3.8, 4) is 22.4 Å². The molecule has 5 rings (SSSR count). The van der Waals surface area contributed by atoms with Gasteiger partial charge in [0, 0.05) is 27.8 Å². The number of hydrogen-bond acceptors (Lipinski definition) is 5. The van der Waals surface area contributed by atoms with Gasteiger partial charge in [-0.2, -0.15) is 26.3 Å². The normalized spacial score (nSPS) is 15.9. The Morgan fingerprint density at radius 2 is 1.10 bits per heavy atom. The van der Waals surface area contributed by atoms with E-state index in [0.29, 0.717) is 0 Å². The molecule has 0 atom stereocenters. The van der Waals surface area contributed by atoms with E-state index < -0.39 is 88.3 Å². The summed E-state index contributed by atoms with van der Waals surface area (Å²) in [5, 5.41) is 0. The number of rotatable bonds is 4. The van der Waals surface area contributed by atoms with E-state index in [2.05, 4.69) is 14.5 Å². The van der Waals surface area contributed by atoms with Crippen molar-refractivity contribution in [1.82, 2.24) is 4.98 Å². The number of pyridine rings is 1. The van der Waals surface area contributed by atoms with Gasteiger partial charge in [-0.05, 0) is 66.9 Å². The monoisotopic (exact) mass is 595 g/mol. The molecule has 5 nitrogen and oxygen atoms in total. The van der Waals surface area contributed by atoms with Crippen LogP contribution in [-0.4, -0.2) is 42.5 Å². The van der Waals surface area contributed by atoms with E-state index in [9.17, 15) is 44.7 Å². The summed E-state index contributed by atoms with van der Waals surface area (Å²) in [4.78, 5) is 29.5. The third-order valence-electron chi connectivity index (χ3n) is 6.60. The van der Waals surface area contributed by atoms with E-state index >= 15 is 0 Å². The summed E-state index contributed by atoms with van der Waals surface area (Å²) in [5.41, 5.74) is -7.52. The Hall–Kier alpha value is -4.55. The molecule has 1 heterocycles. The first-order chi connectivity index (χ1) is 19.7. The average Bonchev–Trinajstić information content (AvgIpc) is 3.33. The van der Waals surface area contributed by atoms with Crippen molar-refractivity contribution in [1.29, 1.82) is 0 Å². The van der Waals surface area contributed by atoms with Gasteiger partial charge in [-0.1, -0.05) is 6.07 Å². The van der Waals surface area contributed by atoms with E-state index in [1.54, 1.807) is 0 Å². The van der Waals surface area contributed by atoms with Crippen molar-refractivity contribution in [2.24, 2.45) is 0 Å². The summed E-state index contributed by atoms with van der Waals surface area (Å²) in [7, 11) is 0. The highest BCUT2D eigenvalue weighted by molar-refractivity contribution is 6.14. The number of alkyl halides is 6. The Labute approximate surface area is 232 Å². The molecule has 0 bridgehead atoms. The highest BCUT2D eigenvalue weighted by Gasteiger charge is 2.48. The third kappa shape index (κ3) is 4.62. The molecule has 2 aliphatic rings. The summed E-state index contributed by atoms with van der Waals surface area (Å²) >= 11 is 0. The molecule has 0 spiro atoms. The molecule has 1 aromatic heterocycles. The Morgan fingerprint density at radius 3 is 1.60 bits per heavy atom. The van der Waals surface area contributed by atoms with Gasteiger partial charge in [0.25, 0.3) is 0 Å². The average molecular weight is 595 g/mol. The quantitative estimate of drug-likeness (QED) is 0.125. The molecule has 42 heavy (non-hydrogen) atoms. The van der Waals surface area contributed by atoms with E-state index in [4.69, 9.17) is 0 Å². The maximum atomic E-state index is 14.4. The second-order valence-corrected chi connectivity index (χ2v) is 9.10. The minimum atomic E-state index is -5.31. The molecule has 3 aromatic rings. The Kier molecular flexibility index (Phi) is 6.94. The molecule has 2 aliphatic carbocycles. The molecule has 0 aliphatic heterocycles. The minimum Gasteiger partial charge on any atom is -0.462 e. The maximum absolute atomic E-state index is 14.4. The number of esters is 2. The van der Waals surface area contributed by atoms with Gasteiger partial charge in [0.1, 0.15) is 17.2 Å². The highest BCUT2D eigenvalue weighted by atomic mass is 19.4. The van der Waals surface area contributed by atoms with E-state index in [0.717, 1.165) is 42.5 Å². The van der Waals surface area contributed by atoms with Gasteiger partial charge in [-0.15, -0.1) is 0 Å². The lowest BCUT2D eigenvalue weighted by molar-refractivity contribution is -0.151. The molecular weight excluding hydrogens is 578 g/mol. The predicted octanol–water partition coefficient (Wildman–Crippen LogP) is 7.18. The highest BCUT2D eigenvalue weighted by Crippen LogP contribution is 2.54. The van der Waals surface area contributed by atoms with Gasteiger partial charge < -0.3 is 9.47 Å². The third-order valence-corrected chi connectivity index (χ3v) is 6.60. The number of aromatic nitrogens is 1. The van der Waals surface area contributed by atoms with Gasteiger partial charge in [0.15, 0.2) is 5.57 Å². The standard InChI is InChI=1S/C29H17F8NO4/c1-3-41-26(39)22(28(32,33)34)20-17-10-13(31)6-8-15(17)24-19(20)11-18-14-7-5-12(30)9-16(14)21(25(18)38-24)23(29(35,36)37)27(40)42-4-2/h5-11H,3-4H2,1-2H3/b22-20+,23-21-. The van der Waals surface area contributed by atoms with Crippen molar-refractivity contribution in [3.05, 3.63) is 87.6 Å². The number of carbonyl (C=O) groups excluding carboxylic acids is 2. The smallest absolute Gasteiger partial charge is 0.424 e. The summed E-state index contributed by atoms with van der Waals surface area (Å²) in [6, 6.07) is 6.50. The summed E-state index contributed by atoms with van der Waals surface area (Å²) in [6.45, 7) is 1.72. The summed E-state index contributed by atoms with van der Waals surface area (Å²) < 4.78 is 124. The first-order valence-corrected chi connectivity index (χ1v) is 12.3. The predicted molar refractivity (Wildman–Crippen MR) is 132 cm³/mol. The van der Waals surface area contributed by atoms with Crippen LogP contribution in [0.3, 0.4) is 0 Å². The van der Waals surface area contributed by atoms with Gasteiger partial charge >= 0.3 is 24.3 Å². The van der Waals surface area contributed by atoms with Crippen LogP contribution < -0.4 is 0 Å². The van der Waals surface area contributed by atoms with Crippen molar-refractivity contribution in [2.75, 3.05) is 13.2 Å². The van der Waals surface area contributed by atoms with Crippen LogP contribution in [0.2, 0.25) is 0 Å². The fourth-order valence-electron chi connectivity index (χ4n) is 5.11. The van der Waals surface area contributed by atoms with Gasteiger partial charge in [-0.3, -0.25) is 0 Å². The fourth-order valence-corrected chi connectivity index (χ4v) is 5.11. The number of benzene rings is 2. The topological polar surface area (TPSA) is 65.5 Å². The maximum Gasteiger partial charge on any atom is 0.424 e. The van der Waals surface area contributed by atoms with E-state index in [1.165, 1.54) is 13.8 Å². The largest absolute Gasteiger partial charge is 0.462 e. The van der Waals surface area contributed by atoms with Crippen molar-refractivity contribution < 1.29 is 54.2 Å². The van der Waals surface area contributed by atoms with E-state index in [-0.39, 0.29) is 27.9 Å². The second-order valence-electron chi connectivity index (χ2n) is 9.10. The number of ether oxygens (including phenoxy) is 2. The molecule has 0 saturated heterocycles.